The fourth-order valence-electron chi connectivity index (χ4n) is 8.99. The summed E-state index contributed by atoms with van der Waals surface area (Å²) in [6, 6.07) is 66.7. The highest BCUT2D eigenvalue weighted by molar-refractivity contribution is 6.13. The maximum Gasteiger partial charge on any atom is 0.227 e. The molecule has 0 saturated heterocycles. The molecule has 11 aromatic rings. The lowest BCUT2D eigenvalue weighted by molar-refractivity contribution is 0.620. The maximum atomic E-state index is 6.56. The molecule has 0 saturated carbocycles. The van der Waals surface area contributed by atoms with Crippen LogP contribution >= 0.6 is 0 Å². The molecule has 8 aromatic carbocycles. The van der Waals surface area contributed by atoms with E-state index in [1.165, 1.54) is 11.1 Å². The zero-order valence-electron chi connectivity index (χ0n) is 31.6. The molecule has 276 valence electrons. The van der Waals surface area contributed by atoms with E-state index in [-0.39, 0.29) is 0 Å². The SMILES string of the molecule is c1ccc(-c2nc(-c3cccc4oc5ccc(-c6ccc7oc(-c8ccccc8)nc7c6)cc5c34)nc(C3(c4ccccc4)c4ccccc4-c4ccccc43)n2)cc1. The lowest BCUT2D eigenvalue weighted by atomic mass is 9.71. The molecule has 0 spiro atoms. The Morgan fingerprint density at radius 3 is 1.69 bits per heavy atom. The average molecular weight is 757 g/mol. The van der Waals surface area contributed by atoms with Crippen molar-refractivity contribution in [1.29, 1.82) is 0 Å². The van der Waals surface area contributed by atoms with Crippen LogP contribution in [0.25, 0.3) is 89.5 Å². The van der Waals surface area contributed by atoms with Gasteiger partial charge in [0, 0.05) is 27.5 Å². The fourth-order valence-corrected chi connectivity index (χ4v) is 8.99. The third-order valence-electron chi connectivity index (χ3n) is 11.6. The van der Waals surface area contributed by atoms with Gasteiger partial charge >= 0.3 is 0 Å². The first-order valence-corrected chi connectivity index (χ1v) is 19.7. The third-order valence-corrected chi connectivity index (χ3v) is 11.6. The van der Waals surface area contributed by atoms with Crippen molar-refractivity contribution in [3.8, 4) is 56.5 Å². The van der Waals surface area contributed by atoms with Crippen molar-refractivity contribution in [2.45, 2.75) is 5.41 Å². The van der Waals surface area contributed by atoms with E-state index in [4.69, 9.17) is 28.8 Å². The second kappa shape index (κ2) is 13.0. The predicted molar refractivity (Wildman–Crippen MR) is 234 cm³/mol. The Hall–Kier alpha value is -7.96. The topological polar surface area (TPSA) is 77.8 Å². The van der Waals surface area contributed by atoms with Crippen LogP contribution < -0.4 is 0 Å². The van der Waals surface area contributed by atoms with Gasteiger partial charge in [0.1, 0.15) is 22.1 Å². The Labute approximate surface area is 339 Å². The number of benzene rings is 8. The Morgan fingerprint density at radius 1 is 0.373 bits per heavy atom. The number of hydrogen-bond acceptors (Lipinski definition) is 6. The number of furan rings is 1. The first-order valence-electron chi connectivity index (χ1n) is 19.7. The quantitative estimate of drug-likeness (QED) is 0.168. The molecule has 3 heterocycles. The molecule has 6 heteroatoms. The maximum absolute atomic E-state index is 6.56. The van der Waals surface area contributed by atoms with Gasteiger partial charge in [-0.15, -0.1) is 0 Å². The van der Waals surface area contributed by atoms with Crippen molar-refractivity contribution >= 4 is 33.0 Å². The van der Waals surface area contributed by atoms with Crippen LogP contribution in [-0.2, 0) is 5.41 Å². The molecule has 3 aromatic heterocycles. The lowest BCUT2D eigenvalue weighted by Crippen LogP contribution is -2.31. The number of fused-ring (bicyclic) bond motifs is 7. The molecular weight excluding hydrogens is 725 g/mol. The lowest BCUT2D eigenvalue weighted by Gasteiger charge is -2.32. The van der Waals surface area contributed by atoms with Crippen LogP contribution in [0.15, 0.2) is 203 Å². The Kier molecular flexibility index (Phi) is 7.34. The molecule has 1 aliphatic rings. The smallest absolute Gasteiger partial charge is 0.227 e. The summed E-state index contributed by atoms with van der Waals surface area (Å²) in [7, 11) is 0. The van der Waals surface area contributed by atoms with E-state index in [1.54, 1.807) is 0 Å². The summed E-state index contributed by atoms with van der Waals surface area (Å²) in [4.78, 5) is 21.1. The van der Waals surface area contributed by atoms with Crippen LogP contribution in [0.5, 0.6) is 0 Å². The van der Waals surface area contributed by atoms with E-state index < -0.39 is 5.41 Å². The molecular formula is C53H32N4O2. The molecule has 12 rings (SSSR count). The molecule has 0 unspecified atom stereocenters. The van der Waals surface area contributed by atoms with E-state index >= 15 is 0 Å². The molecule has 59 heavy (non-hydrogen) atoms. The van der Waals surface area contributed by atoms with Crippen molar-refractivity contribution in [2.75, 3.05) is 0 Å². The highest BCUT2D eigenvalue weighted by Gasteiger charge is 2.48. The van der Waals surface area contributed by atoms with Crippen LogP contribution in [0.3, 0.4) is 0 Å². The molecule has 0 radical (unpaired) electrons. The Morgan fingerprint density at radius 2 is 0.966 bits per heavy atom. The standard InChI is InChI=1S/C53H32N4O2/c1-4-15-33(16-5-1)49-55-50(57-52(56-49)53(37-19-8-3-9-20-37)42-24-12-10-21-38(42)39-22-11-13-25-43(39)53)40-23-14-26-47-48(40)41-31-35(27-29-45(41)58-47)36-28-30-46-44(32-36)54-51(59-46)34-17-6-2-7-18-34/h1-32H. The molecule has 0 amide bonds. The van der Waals surface area contributed by atoms with Crippen molar-refractivity contribution in [3.63, 3.8) is 0 Å². The largest absolute Gasteiger partial charge is 0.456 e. The van der Waals surface area contributed by atoms with Gasteiger partial charge in [-0.25, -0.2) is 19.9 Å². The van der Waals surface area contributed by atoms with Crippen LogP contribution in [0, 0.1) is 0 Å². The van der Waals surface area contributed by atoms with Crippen molar-refractivity contribution in [2.24, 2.45) is 0 Å². The average Bonchev–Trinajstić information content (AvgIpc) is 4.00. The molecule has 1 aliphatic carbocycles. The van der Waals surface area contributed by atoms with Gasteiger partial charge in [0.25, 0.3) is 0 Å². The van der Waals surface area contributed by atoms with E-state index in [1.807, 2.05) is 72.8 Å². The monoisotopic (exact) mass is 756 g/mol. The molecule has 0 aliphatic heterocycles. The summed E-state index contributed by atoms with van der Waals surface area (Å²) in [6.45, 7) is 0. The summed E-state index contributed by atoms with van der Waals surface area (Å²) < 4.78 is 12.7. The van der Waals surface area contributed by atoms with Gasteiger partial charge in [-0.2, -0.15) is 0 Å². The molecule has 0 bridgehead atoms. The van der Waals surface area contributed by atoms with Gasteiger partial charge in [0.15, 0.2) is 23.1 Å². The second-order valence-electron chi connectivity index (χ2n) is 14.9. The van der Waals surface area contributed by atoms with Crippen molar-refractivity contribution < 1.29 is 8.83 Å². The fraction of sp³-hybridized carbons (Fsp3) is 0.0189. The second-order valence-corrected chi connectivity index (χ2v) is 14.9. The predicted octanol–water partition coefficient (Wildman–Crippen LogP) is 12.9. The molecule has 6 nitrogen and oxygen atoms in total. The minimum absolute atomic E-state index is 0.571. The number of aromatic nitrogens is 4. The van der Waals surface area contributed by atoms with Crippen LogP contribution in [0.1, 0.15) is 22.5 Å². The first-order chi connectivity index (χ1) is 29.2. The number of hydrogen-bond donors (Lipinski definition) is 0. The summed E-state index contributed by atoms with van der Waals surface area (Å²) in [6.07, 6.45) is 0. The molecule has 0 fully saturated rings. The van der Waals surface area contributed by atoms with E-state index in [0.29, 0.717) is 23.4 Å². The van der Waals surface area contributed by atoms with E-state index in [9.17, 15) is 0 Å². The number of rotatable bonds is 6. The van der Waals surface area contributed by atoms with Crippen molar-refractivity contribution in [1.82, 2.24) is 19.9 Å². The number of oxazole rings is 1. The van der Waals surface area contributed by atoms with Crippen molar-refractivity contribution in [3.05, 3.63) is 217 Å². The summed E-state index contributed by atoms with van der Waals surface area (Å²) >= 11 is 0. The highest BCUT2D eigenvalue weighted by Crippen LogP contribution is 2.55. The van der Waals surface area contributed by atoms with Gasteiger partial charge in [-0.3, -0.25) is 0 Å². The minimum atomic E-state index is -0.810. The summed E-state index contributed by atoms with van der Waals surface area (Å²) in [5.41, 5.74) is 12.7. The molecule has 0 N–H and O–H groups in total. The van der Waals surface area contributed by atoms with E-state index in [0.717, 1.165) is 77.5 Å². The van der Waals surface area contributed by atoms with Gasteiger partial charge in [-0.05, 0) is 81.4 Å². The van der Waals surface area contributed by atoms with E-state index in [2.05, 4.69) is 121 Å². The summed E-state index contributed by atoms with van der Waals surface area (Å²) in [5, 5.41) is 1.91. The minimum Gasteiger partial charge on any atom is -0.456 e. The van der Waals surface area contributed by atoms with Gasteiger partial charge < -0.3 is 8.83 Å². The molecule has 0 atom stereocenters. The highest BCUT2D eigenvalue weighted by atomic mass is 16.3. The number of nitrogens with zero attached hydrogens (tertiary/aromatic N) is 4. The zero-order valence-corrected chi connectivity index (χ0v) is 31.6. The summed E-state index contributed by atoms with van der Waals surface area (Å²) in [5.74, 6) is 2.43. The normalized spacial score (nSPS) is 12.9. The van der Waals surface area contributed by atoms with Gasteiger partial charge in [0.05, 0.1) is 0 Å². The van der Waals surface area contributed by atoms with Crippen LogP contribution in [0.2, 0.25) is 0 Å². The van der Waals surface area contributed by atoms with Gasteiger partial charge in [0.2, 0.25) is 5.89 Å². The van der Waals surface area contributed by atoms with Crippen LogP contribution in [-0.4, -0.2) is 19.9 Å². The third kappa shape index (κ3) is 5.13. The Bertz CT molecular complexity index is 3350. The first kappa shape index (κ1) is 33.2. The Balaban J connectivity index is 1.09. The van der Waals surface area contributed by atoms with Gasteiger partial charge in [-0.1, -0.05) is 152 Å². The van der Waals surface area contributed by atoms with Crippen LogP contribution in [0.4, 0.5) is 0 Å². The zero-order chi connectivity index (χ0) is 38.9.